The van der Waals surface area contributed by atoms with Crippen LogP contribution in [0.25, 0.3) is 0 Å². The quantitative estimate of drug-likeness (QED) is 0.563. The molecule has 0 aromatic heterocycles. The number of halogens is 8. The summed E-state index contributed by atoms with van der Waals surface area (Å²) in [6.07, 6.45) is -18.3. The van der Waals surface area contributed by atoms with Crippen molar-refractivity contribution in [2.24, 2.45) is 5.92 Å². The van der Waals surface area contributed by atoms with E-state index >= 15 is 0 Å². The Morgan fingerprint density at radius 1 is 0.938 bits per heavy atom. The normalized spacial score (nSPS) is 14.1. The van der Waals surface area contributed by atoms with Gasteiger partial charge >= 0.3 is 24.4 Å². The van der Waals surface area contributed by atoms with Crippen LogP contribution in [0.1, 0.15) is 6.92 Å². The van der Waals surface area contributed by atoms with Gasteiger partial charge in [-0.1, -0.05) is 0 Å². The van der Waals surface area contributed by atoms with Gasteiger partial charge in [0.25, 0.3) is 5.92 Å². The molecule has 0 spiro atoms. The van der Waals surface area contributed by atoms with E-state index in [4.69, 9.17) is 0 Å². The van der Waals surface area contributed by atoms with Crippen molar-refractivity contribution in [2.75, 3.05) is 0 Å². The first-order valence-corrected chi connectivity index (χ1v) is 3.49. The standard InChI is InChI=1S/C6H4F8O2/c1-2(15)16-6(13,14)3(4(7,8)9)5(10,11)12/h3H,1H3. The van der Waals surface area contributed by atoms with Gasteiger partial charge in [0.15, 0.2) is 0 Å². The fourth-order valence-corrected chi connectivity index (χ4v) is 0.817. The van der Waals surface area contributed by atoms with Crippen LogP contribution in [0.5, 0.6) is 0 Å². The van der Waals surface area contributed by atoms with Gasteiger partial charge < -0.3 is 4.74 Å². The molecule has 0 heterocycles. The van der Waals surface area contributed by atoms with Gasteiger partial charge in [-0.15, -0.1) is 0 Å². The molecule has 0 saturated carbocycles. The van der Waals surface area contributed by atoms with Crippen molar-refractivity contribution in [1.82, 2.24) is 0 Å². The SMILES string of the molecule is CC(=O)OC(F)(F)C(C(F)(F)F)C(F)(F)F. The summed E-state index contributed by atoms with van der Waals surface area (Å²) in [5, 5.41) is 0. The monoisotopic (exact) mass is 260 g/mol. The number of ether oxygens (including phenoxy) is 1. The lowest BCUT2D eigenvalue weighted by Crippen LogP contribution is -2.50. The molecule has 0 rings (SSSR count). The maximum atomic E-state index is 12.4. The van der Waals surface area contributed by atoms with E-state index in [9.17, 15) is 39.9 Å². The zero-order valence-electron chi connectivity index (χ0n) is 7.42. The number of carbonyl (C=O) groups excluding carboxylic acids is 1. The van der Waals surface area contributed by atoms with Crippen LogP contribution in [0.2, 0.25) is 0 Å². The minimum atomic E-state index is -6.28. The van der Waals surface area contributed by atoms with Gasteiger partial charge in [0.05, 0.1) is 0 Å². The van der Waals surface area contributed by atoms with E-state index in [-0.39, 0.29) is 6.92 Å². The molecular formula is C6H4F8O2. The fourth-order valence-electron chi connectivity index (χ4n) is 0.817. The third kappa shape index (κ3) is 3.81. The maximum absolute atomic E-state index is 12.4. The second-order valence-corrected chi connectivity index (χ2v) is 2.67. The van der Waals surface area contributed by atoms with Gasteiger partial charge in [-0.05, 0) is 0 Å². The van der Waals surface area contributed by atoms with E-state index in [0.29, 0.717) is 0 Å². The second-order valence-electron chi connectivity index (χ2n) is 2.67. The highest BCUT2D eigenvalue weighted by Gasteiger charge is 2.71. The van der Waals surface area contributed by atoms with Crippen LogP contribution in [0.15, 0.2) is 0 Å². The molecule has 96 valence electrons. The Morgan fingerprint density at radius 3 is 1.44 bits per heavy atom. The number of esters is 1. The van der Waals surface area contributed by atoms with Crippen LogP contribution in [0.4, 0.5) is 35.1 Å². The molecule has 10 heteroatoms. The van der Waals surface area contributed by atoms with Crippen LogP contribution in [-0.4, -0.2) is 24.4 Å². The highest BCUT2D eigenvalue weighted by Crippen LogP contribution is 2.48. The van der Waals surface area contributed by atoms with E-state index in [1.54, 1.807) is 0 Å². The topological polar surface area (TPSA) is 26.3 Å². The third-order valence-electron chi connectivity index (χ3n) is 1.27. The van der Waals surface area contributed by atoms with Crippen molar-refractivity contribution in [2.45, 2.75) is 25.4 Å². The lowest BCUT2D eigenvalue weighted by Gasteiger charge is -2.28. The highest BCUT2D eigenvalue weighted by molar-refractivity contribution is 5.66. The van der Waals surface area contributed by atoms with Crippen LogP contribution in [0, 0.1) is 5.92 Å². The van der Waals surface area contributed by atoms with Crippen molar-refractivity contribution < 1.29 is 44.7 Å². The number of carbonyl (C=O) groups is 1. The predicted molar refractivity (Wildman–Crippen MR) is 32.3 cm³/mol. The summed E-state index contributed by atoms with van der Waals surface area (Å²) in [5.41, 5.74) is 0. The van der Waals surface area contributed by atoms with E-state index in [1.165, 1.54) is 0 Å². The number of alkyl halides is 8. The van der Waals surface area contributed by atoms with E-state index in [0.717, 1.165) is 0 Å². The summed E-state index contributed by atoms with van der Waals surface area (Å²) in [4.78, 5) is 9.98. The summed E-state index contributed by atoms with van der Waals surface area (Å²) in [7, 11) is 0. The van der Waals surface area contributed by atoms with Crippen molar-refractivity contribution in [1.29, 1.82) is 0 Å². The lowest BCUT2D eigenvalue weighted by atomic mass is 10.1. The van der Waals surface area contributed by atoms with Crippen molar-refractivity contribution in [3.8, 4) is 0 Å². The molecule has 0 aliphatic rings. The number of rotatable bonds is 2. The summed E-state index contributed by atoms with van der Waals surface area (Å²) in [6.45, 7) is 0.262. The summed E-state index contributed by atoms with van der Waals surface area (Å²) in [6, 6.07) is 0. The average Bonchev–Trinajstić information content (AvgIpc) is 1.70. The molecule has 0 bridgehead atoms. The molecule has 0 aliphatic heterocycles. The molecule has 0 saturated heterocycles. The van der Waals surface area contributed by atoms with Gasteiger partial charge in [-0.3, -0.25) is 4.79 Å². The largest absolute Gasteiger partial charge is 0.420 e. The second kappa shape index (κ2) is 4.06. The van der Waals surface area contributed by atoms with Gasteiger partial charge in [0.2, 0.25) is 0 Å². The van der Waals surface area contributed by atoms with Crippen molar-refractivity contribution >= 4 is 5.97 Å². The molecule has 0 aromatic carbocycles. The van der Waals surface area contributed by atoms with E-state index in [1.807, 2.05) is 0 Å². The van der Waals surface area contributed by atoms with Gasteiger partial charge in [0, 0.05) is 6.92 Å². The molecule has 0 amide bonds. The fraction of sp³-hybridized carbons (Fsp3) is 0.833. The molecule has 0 radical (unpaired) electrons. The predicted octanol–water partition coefficient (Wildman–Crippen LogP) is 2.88. The van der Waals surface area contributed by atoms with Crippen molar-refractivity contribution in [3.05, 3.63) is 0 Å². The first-order chi connectivity index (χ1) is 6.78. The van der Waals surface area contributed by atoms with Crippen molar-refractivity contribution in [3.63, 3.8) is 0 Å². The Bertz CT molecular complexity index is 251. The smallest absolute Gasteiger partial charge is 0.400 e. The van der Waals surface area contributed by atoms with Crippen LogP contribution >= 0.6 is 0 Å². The minimum Gasteiger partial charge on any atom is -0.400 e. The first-order valence-electron chi connectivity index (χ1n) is 3.49. The van der Waals surface area contributed by atoms with E-state index < -0.39 is 30.3 Å². The lowest BCUT2D eigenvalue weighted by molar-refractivity contribution is -0.387. The Kier molecular flexibility index (Phi) is 3.78. The molecule has 0 aromatic rings. The van der Waals surface area contributed by atoms with Crippen LogP contribution in [-0.2, 0) is 9.53 Å². The molecule has 0 atom stereocenters. The molecule has 2 nitrogen and oxygen atoms in total. The summed E-state index contributed by atoms with van der Waals surface area (Å²) >= 11 is 0. The zero-order chi connectivity index (χ0) is 13.4. The van der Waals surface area contributed by atoms with Gasteiger partial charge in [0.1, 0.15) is 0 Å². The van der Waals surface area contributed by atoms with Crippen LogP contribution in [0.3, 0.4) is 0 Å². The van der Waals surface area contributed by atoms with Crippen LogP contribution < -0.4 is 0 Å². The Hall–Kier alpha value is -1.09. The molecule has 0 unspecified atom stereocenters. The molecule has 16 heavy (non-hydrogen) atoms. The highest BCUT2D eigenvalue weighted by atomic mass is 19.4. The summed E-state index contributed by atoms with van der Waals surface area (Å²) < 4.78 is 98.3. The Morgan fingerprint density at radius 2 is 1.25 bits per heavy atom. The number of hydrogen-bond acceptors (Lipinski definition) is 2. The molecule has 0 N–H and O–H groups in total. The Labute approximate surface area is 83.2 Å². The zero-order valence-corrected chi connectivity index (χ0v) is 7.42. The van der Waals surface area contributed by atoms with E-state index in [2.05, 4.69) is 4.74 Å². The molecular weight excluding hydrogens is 256 g/mol. The van der Waals surface area contributed by atoms with Gasteiger partial charge in [-0.25, -0.2) is 0 Å². The Balaban J connectivity index is 5.28. The number of hydrogen-bond donors (Lipinski definition) is 0. The van der Waals surface area contributed by atoms with Gasteiger partial charge in [-0.2, -0.15) is 35.1 Å². The maximum Gasteiger partial charge on any atom is 0.420 e. The molecule has 0 aliphatic carbocycles. The third-order valence-corrected chi connectivity index (χ3v) is 1.27. The average molecular weight is 260 g/mol. The molecule has 0 fully saturated rings. The summed E-state index contributed by atoms with van der Waals surface area (Å²) in [5.74, 6) is -7.00. The minimum absolute atomic E-state index is 0.262. The first kappa shape index (κ1) is 14.9.